The second-order valence-corrected chi connectivity index (χ2v) is 15.7. The van der Waals surface area contributed by atoms with Crippen molar-refractivity contribution in [2.24, 2.45) is 0 Å². The van der Waals surface area contributed by atoms with Crippen LogP contribution in [0.2, 0.25) is 0 Å². The Labute approximate surface area is 362 Å². The van der Waals surface area contributed by atoms with Crippen molar-refractivity contribution in [3.8, 4) is 61.3 Å². The van der Waals surface area contributed by atoms with Crippen molar-refractivity contribution in [1.29, 1.82) is 0 Å². The fourth-order valence-corrected chi connectivity index (χ4v) is 9.16. The number of fused-ring (bicyclic) bond motifs is 3. The van der Waals surface area contributed by atoms with E-state index in [0.717, 1.165) is 33.9 Å². The zero-order valence-corrected chi connectivity index (χ0v) is 34.1. The van der Waals surface area contributed by atoms with Crippen molar-refractivity contribution in [3.05, 3.63) is 255 Å². The standard InChI is InChI=1S/C60H42N2/c1-4-19-43(20-5-1)46-23-17-28-51(42-46)61(50-39-37-45(38-40-50)53-30-11-10-29-52(53)44-21-6-2-7-22-44)57-34-14-12-31-54(57)47-24-16-25-48(41-47)55-33-18-36-59-60(55)56-32-13-15-35-58(56)62(59)49-26-8-3-9-27-49/h1-42H. The molecular formula is C60H42N2. The molecule has 0 N–H and O–H groups in total. The molecule has 0 fully saturated rings. The van der Waals surface area contributed by atoms with Crippen LogP contribution in [0, 0.1) is 0 Å². The number of anilines is 3. The number of hydrogen-bond donors (Lipinski definition) is 0. The molecule has 62 heavy (non-hydrogen) atoms. The molecule has 1 aromatic heterocycles. The van der Waals surface area contributed by atoms with Crippen LogP contribution in [0.3, 0.4) is 0 Å². The lowest BCUT2D eigenvalue weighted by atomic mass is 9.94. The van der Waals surface area contributed by atoms with Crippen LogP contribution in [0.1, 0.15) is 0 Å². The van der Waals surface area contributed by atoms with E-state index in [2.05, 4.69) is 264 Å². The third-order valence-corrected chi connectivity index (χ3v) is 12.0. The van der Waals surface area contributed by atoms with Crippen LogP contribution < -0.4 is 4.90 Å². The molecule has 0 spiro atoms. The fourth-order valence-electron chi connectivity index (χ4n) is 9.16. The van der Waals surface area contributed by atoms with Gasteiger partial charge in [0.05, 0.1) is 16.7 Å². The highest BCUT2D eigenvalue weighted by Gasteiger charge is 2.20. The van der Waals surface area contributed by atoms with Gasteiger partial charge in [-0.05, 0) is 111 Å². The first-order valence-corrected chi connectivity index (χ1v) is 21.3. The van der Waals surface area contributed by atoms with Gasteiger partial charge in [-0.15, -0.1) is 0 Å². The van der Waals surface area contributed by atoms with Crippen molar-refractivity contribution >= 4 is 38.9 Å². The first kappa shape index (κ1) is 36.8. The number of aromatic nitrogens is 1. The Balaban J connectivity index is 1.06. The van der Waals surface area contributed by atoms with Gasteiger partial charge in [0.15, 0.2) is 0 Å². The molecule has 0 aliphatic carbocycles. The highest BCUT2D eigenvalue weighted by molar-refractivity contribution is 6.16. The van der Waals surface area contributed by atoms with E-state index < -0.39 is 0 Å². The summed E-state index contributed by atoms with van der Waals surface area (Å²) in [5.41, 5.74) is 18.7. The molecule has 11 rings (SSSR count). The summed E-state index contributed by atoms with van der Waals surface area (Å²) in [6.07, 6.45) is 0. The SMILES string of the molecule is c1ccc(-c2cccc(N(c3ccc(-c4ccccc4-c4ccccc4)cc3)c3ccccc3-c3cccc(-c4cccc5c4c4ccccc4n5-c4ccccc4)c3)c2)cc1. The highest BCUT2D eigenvalue weighted by atomic mass is 15.1. The van der Waals surface area contributed by atoms with Gasteiger partial charge in [0.1, 0.15) is 0 Å². The molecule has 0 unspecified atom stereocenters. The van der Waals surface area contributed by atoms with Crippen LogP contribution >= 0.6 is 0 Å². The van der Waals surface area contributed by atoms with Crippen LogP contribution in [-0.2, 0) is 0 Å². The van der Waals surface area contributed by atoms with E-state index in [-0.39, 0.29) is 0 Å². The summed E-state index contributed by atoms with van der Waals surface area (Å²) in [5, 5.41) is 2.50. The maximum Gasteiger partial charge on any atom is 0.0547 e. The zero-order chi connectivity index (χ0) is 41.2. The number of para-hydroxylation sites is 3. The summed E-state index contributed by atoms with van der Waals surface area (Å²) in [6, 6.07) is 92.0. The van der Waals surface area contributed by atoms with Gasteiger partial charge in [-0.3, -0.25) is 0 Å². The second-order valence-electron chi connectivity index (χ2n) is 15.7. The molecule has 0 aliphatic rings. The Morgan fingerprint density at radius 3 is 1.52 bits per heavy atom. The molecule has 0 saturated carbocycles. The normalized spacial score (nSPS) is 11.2. The highest BCUT2D eigenvalue weighted by Crippen LogP contribution is 2.45. The minimum Gasteiger partial charge on any atom is -0.310 e. The van der Waals surface area contributed by atoms with Crippen LogP contribution in [0.4, 0.5) is 17.1 Å². The van der Waals surface area contributed by atoms with Gasteiger partial charge in [-0.2, -0.15) is 0 Å². The van der Waals surface area contributed by atoms with Gasteiger partial charge in [-0.1, -0.05) is 194 Å². The smallest absolute Gasteiger partial charge is 0.0547 e. The number of nitrogens with zero attached hydrogens (tertiary/aromatic N) is 2. The van der Waals surface area contributed by atoms with Gasteiger partial charge in [0.2, 0.25) is 0 Å². The molecule has 0 atom stereocenters. The molecule has 11 aromatic rings. The van der Waals surface area contributed by atoms with E-state index in [0.29, 0.717) is 0 Å². The van der Waals surface area contributed by atoms with Crippen LogP contribution in [0.15, 0.2) is 255 Å². The largest absolute Gasteiger partial charge is 0.310 e. The minimum atomic E-state index is 1.08. The molecule has 0 bridgehead atoms. The second kappa shape index (κ2) is 16.1. The summed E-state index contributed by atoms with van der Waals surface area (Å²) in [4.78, 5) is 2.41. The van der Waals surface area contributed by atoms with Crippen molar-refractivity contribution in [1.82, 2.24) is 4.57 Å². The Morgan fingerprint density at radius 2 is 0.774 bits per heavy atom. The molecule has 2 heteroatoms. The van der Waals surface area contributed by atoms with E-state index in [1.165, 1.54) is 66.3 Å². The topological polar surface area (TPSA) is 8.17 Å². The Bertz CT molecular complexity index is 3330. The Kier molecular flexibility index (Phi) is 9.57. The number of hydrogen-bond acceptors (Lipinski definition) is 1. The van der Waals surface area contributed by atoms with E-state index >= 15 is 0 Å². The molecule has 0 radical (unpaired) electrons. The molecule has 292 valence electrons. The van der Waals surface area contributed by atoms with Gasteiger partial charge in [0.25, 0.3) is 0 Å². The molecule has 0 aliphatic heterocycles. The van der Waals surface area contributed by atoms with Crippen LogP contribution in [0.25, 0.3) is 83.1 Å². The van der Waals surface area contributed by atoms with E-state index in [9.17, 15) is 0 Å². The van der Waals surface area contributed by atoms with Crippen LogP contribution in [-0.4, -0.2) is 4.57 Å². The summed E-state index contributed by atoms with van der Waals surface area (Å²) in [7, 11) is 0. The predicted octanol–water partition coefficient (Wildman–Crippen LogP) is 16.6. The molecule has 0 amide bonds. The third-order valence-electron chi connectivity index (χ3n) is 12.0. The summed E-state index contributed by atoms with van der Waals surface area (Å²) < 4.78 is 2.39. The fraction of sp³-hybridized carbons (Fsp3) is 0. The van der Waals surface area contributed by atoms with E-state index in [4.69, 9.17) is 0 Å². The monoisotopic (exact) mass is 790 g/mol. The number of benzene rings is 10. The molecule has 10 aromatic carbocycles. The predicted molar refractivity (Wildman–Crippen MR) is 263 cm³/mol. The first-order chi connectivity index (χ1) is 30.8. The van der Waals surface area contributed by atoms with Crippen molar-refractivity contribution < 1.29 is 0 Å². The molecular weight excluding hydrogens is 749 g/mol. The maximum atomic E-state index is 2.41. The van der Waals surface area contributed by atoms with Crippen molar-refractivity contribution in [2.75, 3.05) is 4.90 Å². The molecule has 1 heterocycles. The lowest BCUT2D eigenvalue weighted by Crippen LogP contribution is -2.11. The maximum absolute atomic E-state index is 2.41. The van der Waals surface area contributed by atoms with Gasteiger partial charge < -0.3 is 9.47 Å². The summed E-state index contributed by atoms with van der Waals surface area (Å²) in [5.74, 6) is 0. The molecule has 0 saturated heterocycles. The van der Waals surface area contributed by atoms with E-state index in [1.54, 1.807) is 0 Å². The molecule has 2 nitrogen and oxygen atoms in total. The Hall–Kier alpha value is -8.20. The lowest BCUT2D eigenvalue weighted by molar-refractivity contribution is 1.18. The van der Waals surface area contributed by atoms with Crippen molar-refractivity contribution in [3.63, 3.8) is 0 Å². The Morgan fingerprint density at radius 1 is 0.274 bits per heavy atom. The zero-order valence-electron chi connectivity index (χ0n) is 34.1. The van der Waals surface area contributed by atoms with Crippen molar-refractivity contribution in [2.45, 2.75) is 0 Å². The number of rotatable bonds is 9. The lowest BCUT2D eigenvalue weighted by Gasteiger charge is -2.28. The van der Waals surface area contributed by atoms with Gasteiger partial charge in [-0.25, -0.2) is 0 Å². The summed E-state index contributed by atoms with van der Waals surface area (Å²) >= 11 is 0. The average Bonchev–Trinajstić information content (AvgIpc) is 3.70. The van der Waals surface area contributed by atoms with Crippen LogP contribution in [0.5, 0.6) is 0 Å². The first-order valence-electron chi connectivity index (χ1n) is 21.3. The quantitative estimate of drug-likeness (QED) is 0.141. The third kappa shape index (κ3) is 6.74. The average molecular weight is 791 g/mol. The van der Waals surface area contributed by atoms with E-state index in [1.807, 2.05) is 0 Å². The summed E-state index contributed by atoms with van der Waals surface area (Å²) in [6.45, 7) is 0. The minimum absolute atomic E-state index is 1.08. The van der Waals surface area contributed by atoms with Gasteiger partial charge >= 0.3 is 0 Å². The van der Waals surface area contributed by atoms with Gasteiger partial charge in [0, 0.05) is 33.4 Å².